The van der Waals surface area contributed by atoms with Gasteiger partial charge in [-0.2, -0.15) is 0 Å². The molecule has 4 nitrogen and oxygen atoms in total. The van der Waals surface area contributed by atoms with Gasteiger partial charge in [-0.05, 0) is 44.4 Å². The Hall–Kier alpha value is -1.06. The highest BCUT2D eigenvalue weighted by molar-refractivity contribution is 5.77. The summed E-state index contributed by atoms with van der Waals surface area (Å²) < 4.78 is 0. The molecule has 1 atom stereocenters. The summed E-state index contributed by atoms with van der Waals surface area (Å²) in [5.74, 6) is 0.205. The summed E-state index contributed by atoms with van der Waals surface area (Å²) in [4.78, 5) is 24.9. The molecule has 1 saturated heterocycles. The predicted molar refractivity (Wildman–Crippen MR) is 77.4 cm³/mol. The van der Waals surface area contributed by atoms with Gasteiger partial charge in [-0.25, -0.2) is 0 Å². The minimum Gasteiger partial charge on any atom is -0.481 e. The van der Waals surface area contributed by atoms with Crippen molar-refractivity contribution in [2.24, 2.45) is 5.92 Å². The topological polar surface area (TPSA) is 57.6 Å². The number of carboxylic acid groups (broad SMARTS) is 1. The van der Waals surface area contributed by atoms with E-state index in [1.807, 2.05) is 0 Å². The third-order valence-electron chi connectivity index (χ3n) is 4.84. The molecule has 0 aromatic heterocycles. The minimum absolute atomic E-state index is 0.180. The van der Waals surface area contributed by atoms with E-state index in [2.05, 4.69) is 4.90 Å². The monoisotopic (exact) mass is 281 g/mol. The lowest BCUT2D eigenvalue weighted by molar-refractivity contribution is -0.138. The molecule has 0 spiro atoms. The molecule has 1 unspecified atom stereocenters. The maximum atomic E-state index is 12.3. The van der Waals surface area contributed by atoms with Crippen LogP contribution >= 0.6 is 0 Å². The molecule has 20 heavy (non-hydrogen) atoms. The molecule has 1 aliphatic heterocycles. The number of amides is 1. The lowest BCUT2D eigenvalue weighted by atomic mass is 9.83. The molecule has 2 aliphatic rings. The SMILES string of the molecule is O=C(O)CCCCC(=O)N1CCCC1C1CCCCC1. The van der Waals surface area contributed by atoms with Gasteiger partial charge in [-0.15, -0.1) is 0 Å². The van der Waals surface area contributed by atoms with Crippen molar-refractivity contribution in [3.8, 4) is 0 Å². The van der Waals surface area contributed by atoms with Crippen molar-refractivity contribution >= 4 is 11.9 Å². The first-order chi connectivity index (χ1) is 9.68. The van der Waals surface area contributed by atoms with Crippen LogP contribution in [0.15, 0.2) is 0 Å². The Morgan fingerprint density at radius 2 is 1.65 bits per heavy atom. The summed E-state index contributed by atoms with van der Waals surface area (Å²) in [7, 11) is 0. The Labute approximate surface area is 121 Å². The minimum atomic E-state index is -0.765. The Morgan fingerprint density at radius 1 is 0.950 bits per heavy atom. The zero-order valence-corrected chi connectivity index (χ0v) is 12.4. The van der Waals surface area contributed by atoms with Crippen LogP contribution in [0.5, 0.6) is 0 Å². The number of likely N-dealkylation sites (tertiary alicyclic amines) is 1. The number of rotatable bonds is 6. The molecule has 1 heterocycles. The number of carbonyl (C=O) groups is 2. The predicted octanol–water partition coefficient (Wildman–Crippen LogP) is 3.20. The Kier molecular flexibility index (Phi) is 5.86. The molecule has 1 amide bonds. The molecule has 4 heteroatoms. The van der Waals surface area contributed by atoms with E-state index in [9.17, 15) is 9.59 Å². The van der Waals surface area contributed by atoms with Crippen LogP contribution in [0.3, 0.4) is 0 Å². The maximum Gasteiger partial charge on any atom is 0.303 e. The summed E-state index contributed by atoms with van der Waals surface area (Å²) in [5.41, 5.74) is 0. The van der Waals surface area contributed by atoms with Crippen LogP contribution in [0.2, 0.25) is 0 Å². The molecule has 1 aliphatic carbocycles. The van der Waals surface area contributed by atoms with Crippen molar-refractivity contribution in [1.29, 1.82) is 0 Å². The number of hydrogen-bond acceptors (Lipinski definition) is 2. The van der Waals surface area contributed by atoms with Crippen molar-refractivity contribution in [3.05, 3.63) is 0 Å². The summed E-state index contributed by atoms with van der Waals surface area (Å²) >= 11 is 0. The second-order valence-corrected chi connectivity index (χ2v) is 6.30. The van der Waals surface area contributed by atoms with Gasteiger partial charge < -0.3 is 10.0 Å². The Bertz CT molecular complexity index is 337. The van der Waals surface area contributed by atoms with E-state index in [4.69, 9.17) is 5.11 Å². The van der Waals surface area contributed by atoms with E-state index in [0.29, 0.717) is 31.2 Å². The second-order valence-electron chi connectivity index (χ2n) is 6.30. The first-order valence-corrected chi connectivity index (χ1v) is 8.20. The smallest absolute Gasteiger partial charge is 0.303 e. The van der Waals surface area contributed by atoms with E-state index in [1.54, 1.807) is 0 Å². The van der Waals surface area contributed by atoms with Gasteiger partial charge in [0.25, 0.3) is 0 Å². The van der Waals surface area contributed by atoms with Crippen molar-refractivity contribution in [1.82, 2.24) is 4.90 Å². The highest BCUT2D eigenvalue weighted by atomic mass is 16.4. The summed E-state index contributed by atoms with van der Waals surface area (Å²) in [6.07, 6.45) is 10.9. The molecule has 2 rings (SSSR count). The Morgan fingerprint density at radius 3 is 2.35 bits per heavy atom. The van der Waals surface area contributed by atoms with Gasteiger partial charge in [-0.1, -0.05) is 19.3 Å². The van der Waals surface area contributed by atoms with Gasteiger partial charge in [0.15, 0.2) is 0 Å². The van der Waals surface area contributed by atoms with Crippen LogP contribution in [0.1, 0.15) is 70.6 Å². The number of hydrogen-bond donors (Lipinski definition) is 1. The summed E-state index contributed by atoms with van der Waals surface area (Å²) in [6.45, 7) is 0.916. The summed E-state index contributed by atoms with van der Waals surface area (Å²) in [6, 6.07) is 0.474. The molecule has 114 valence electrons. The van der Waals surface area contributed by atoms with Crippen molar-refractivity contribution in [2.45, 2.75) is 76.7 Å². The maximum absolute atomic E-state index is 12.3. The number of unbranched alkanes of at least 4 members (excludes halogenated alkanes) is 1. The first-order valence-electron chi connectivity index (χ1n) is 8.20. The van der Waals surface area contributed by atoms with E-state index >= 15 is 0 Å². The zero-order chi connectivity index (χ0) is 14.4. The van der Waals surface area contributed by atoms with Gasteiger partial charge in [0.2, 0.25) is 5.91 Å². The molecular formula is C16H27NO3. The summed E-state index contributed by atoms with van der Waals surface area (Å²) in [5, 5.41) is 8.61. The van der Waals surface area contributed by atoms with Crippen molar-refractivity contribution < 1.29 is 14.7 Å². The lowest BCUT2D eigenvalue weighted by Crippen LogP contribution is -2.40. The standard InChI is InChI=1S/C16H27NO3/c18-15(10-4-5-11-16(19)20)17-12-6-9-14(17)13-7-2-1-3-8-13/h13-14H,1-12H2,(H,19,20). The van der Waals surface area contributed by atoms with Crippen LogP contribution in [0.25, 0.3) is 0 Å². The highest BCUT2D eigenvalue weighted by Gasteiger charge is 2.34. The molecule has 1 saturated carbocycles. The lowest BCUT2D eigenvalue weighted by Gasteiger charge is -2.34. The molecule has 0 bridgehead atoms. The van der Waals surface area contributed by atoms with Crippen molar-refractivity contribution in [3.63, 3.8) is 0 Å². The van der Waals surface area contributed by atoms with Gasteiger partial charge in [0, 0.05) is 25.4 Å². The van der Waals surface area contributed by atoms with Gasteiger partial charge in [0.05, 0.1) is 0 Å². The van der Waals surface area contributed by atoms with E-state index in [0.717, 1.165) is 13.0 Å². The quantitative estimate of drug-likeness (QED) is 0.761. The normalized spacial score (nSPS) is 24.0. The fraction of sp³-hybridized carbons (Fsp3) is 0.875. The fourth-order valence-electron chi connectivity index (χ4n) is 3.81. The first kappa shape index (κ1) is 15.3. The second kappa shape index (κ2) is 7.65. The molecule has 2 fully saturated rings. The van der Waals surface area contributed by atoms with Gasteiger partial charge in [0.1, 0.15) is 0 Å². The average Bonchev–Trinajstić information content (AvgIpc) is 2.93. The molecule has 0 aromatic rings. The molecule has 1 N–H and O–H groups in total. The van der Waals surface area contributed by atoms with E-state index in [1.165, 1.54) is 38.5 Å². The number of nitrogens with zero attached hydrogens (tertiary/aromatic N) is 1. The van der Waals surface area contributed by atoms with Crippen molar-refractivity contribution in [2.75, 3.05) is 6.54 Å². The third-order valence-corrected chi connectivity index (χ3v) is 4.84. The Balaban J connectivity index is 1.77. The average molecular weight is 281 g/mol. The van der Waals surface area contributed by atoms with Gasteiger partial charge >= 0.3 is 5.97 Å². The number of aliphatic carboxylic acids is 1. The van der Waals surface area contributed by atoms with Crippen LogP contribution in [0.4, 0.5) is 0 Å². The zero-order valence-electron chi connectivity index (χ0n) is 12.4. The number of carboxylic acids is 1. The van der Waals surface area contributed by atoms with Crippen LogP contribution in [-0.4, -0.2) is 34.5 Å². The highest BCUT2D eigenvalue weighted by Crippen LogP contribution is 2.34. The van der Waals surface area contributed by atoms with E-state index < -0.39 is 5.97 Å². The molecular weight excluding hydrogens is 254 g/mol. The fourth-order valence-corrected chi connectivity index (χ4v) is 3.81. The van der Waals surface area contributed by atoms with Crippen LogP contribution in [-0.2, 0) is 9.59 Å². The van der Waals surface area contributed by atoms with Gasteiger partial charge in [-0.3, -0.25) is 9.59 Å². The van der Waals surface area contributed by atoms with Crippen LogP contribution < -0.4 is 0 Å². The largest absolute Gasteiger partial charge is 0.481 e. The number of carbonyl (C=O) groups excluding carboxylic acids is 1. The molecule has 0 radical (unpaired) electrons. The molecule has 0 aromatic carbocycles. The van der Waals surface area contributed by atoms with Crippen LogP contribution in [0, 0.1) is 5.92 Å². The van der Waals surface area contributed by atoms with E-state index in [-0.39, 0.29) is 12.3 Å². The third kappa shape index (κ3) is 4.22.